The Hall–Kier alpha value is -1.40. The molecule has 0 spiro atoms. The van der Waals surface area contributed by atoms with Crippen molar-refractivity contribution in [2.24, 2.45) is 0 Å². The Balaban J connectivity index is 1.73. The predicted octanol–water partition coefficient (Wildman–Crippen LogP) is 1.73. The lowest BCUT2D eigenvalue weighted by molar-refractivity contribution is -0.132. The van der Waals surface area contributed by atoms with Gasteiger partial charge in [0.1, 0.15) is 0 Å². The first-order chi connectivity index (χ1) is 10.5. The monoisotopic (exact) mass is 323 g/mol. The molecule has 1 saturated heterocycles. The average Bonchev–Trinajstić information content (AvgIpc) is 2.93. The van der Waals surface area contributed by atoms with Gasteiger partial charge in [0, 0.05) is 26.1 Å². The summed E-state index contributed by atoms with van der Waals surface area (Å²) >= 11 is 1.43. The quantitative estimate of drug-likeness (QED) is 0.898. The number of thiophene rings is 1. The first kappa shape index (κ1) is 17.0. The van der Waals surface area contributed by atoms with E-state index in [1.165, 1.54) is 11.3 Å². The molecule has 0 unspecified atom stereocenters. The number of carbonyl (C=O) groups is 2. The van der Waals surface area contributed by atoms with Gasteiger partial charge in [-0.3, -0.25) is 9.59 Å². The van der Waals surface area contributed by atoms with Gasteiger partial charge in [0.15, 0.2) is 0 Å². The van der Waals surface area contributed by atoms with Crippen molar-refractivity contribution in [1.29, 1.82) is 0 Å². The molecule has 0 saturated carbocycles. The van der Waals surface area contributed by atoms with Gasteiger partial charge in [0.05, 0.1) is 4.88 Å². The Morgan fingerprint density at radius 2 is 2.09 bits per heavy atom. The largest absolute Gasteiger partial charge is 0.351 e. The van der Waals surface area contributed by atoms with Crippen molar-refractivity contribution in [1.82, 2.24) is 15.1 Å². The molecule has 1 aliphatic rings. The van der Waals surface area contributed by atoms with E-state index in [-0.39, 0.29) is 11.8 Å². The molecule has 0 aromatic carbocycles. The van der Waals surface area contributed by atoms with Crippen LogP contribution >= 0.6 is 11.3 Å². The number of likely N-dealkylation sites (tertiary alicyclic amines) is 1. The molecule has 1 aromatic heterocycles. The Morgan fingerprint density at radius 3 is 2.68 bits per heavy atom. The van der Waals surface area contributed by atoms with Crippen molar-refractivity contribution in [3.05, 3.63) is 21.9 Å². The lowest BCUT2D eigenvalue weighted by atomic mass is 10.0. The van der Waals surface area contributed by atoms with E-state index in [0.29, 0.717) is 19.0 Å². The first-order valence-corrected chi connectivity index (χ1v) is 8.63. The molecule has 0 bridgehead atoms. The molecule has 0 aliphatic carbocycles. The molecule has 2 amide bonds. The SMILES string of the molecule is Cc1ccsc1C(=O)NCCC(=O)N(C)C1CCN(C)CC1. The van der Waals surface area contributed by atoms with Crippen LogP contribution in [-0.4, -0.2) is 61.4 Å². The third-order valence-corrected chi connectivity index (χ3v) is 5.34. The topological polar surface area (TPSA) is 52.7 Å². The fraction of sp³-hybridized carbons (Fsp3) is 0.625. The van der Waals surface area contributed by atoms with Crippen molar-refractivity contribution in [3.63, 3.8) is 0 Å². The molecule has 1 fully saturated rings. The van der Waals surface area contributed by atoms with Gasteiger partial charge in [-0.15, -0.1) is 11.3 Å². The van der Waals surface area contributed by atoms with Gasteiger partial charge in [-0.1, -0.05) is 0 Å². The molecule has 22 heavy (non-hydrogen) atoms. The molecule has 2 rings (SSSR count). The van der Waals surface area contributed by atoms with Crippen molar-refractivity contribution < 1.29 is 9.59 Å². The summed E-state index contributed by atoms with van der Waals surface area (Å²) in [5, 5.41) is 4.74. The Bertz CT molecular complexity index is 521. The summed E-state index contributed by atoms with van der Waals surface area (Å²) in [6.07, 6.45) is 2.41. The van der Waals surface area contributed by atoms with Crippen LogP contribution in [0.2, 0.25) is 0 Å². The summed E-state index contributed by atoms with van der Waals surface area (Å²) in [4.78, 5) is 29.1. The number of nitrogens with one attached hydrogen (secondary N) is 1. The van der Waals surface area contributed by atoms with Gasteiger partial charge < -0.3 is 15.1 Å². The van der Waals surface area contributed by atoms with Crippen LogP contribution in [0.3, 0.4) is 0 Å². The van der Waals surface area contributed by atoms with Crippen molar-refractivity contribution in [2.45, 2.75) is 32.2 Å². The molecule has 1 aliphatic heterocycles. The zero-order valence-electron chi connectivity index (χ0n) is 13.6. The van der Waals surface area contributed by atoms with Crippen LogP contribution in [0.5, 0.6) is 0 Å². The Kier molecular flexibility index (Phi) is 5.97. The van der Waals surface area contributed by atoms with Crippen molar-refractivity contribution >= 4 is 23.2 Å². The summed E-state index contributed by atoms with van der Waals surface area (Å²) in [6.45, 7) is 4.39. The zero-order chi connectivity index (χ0) is 16.1. The van der Waals surface area contributed by atoms with Crippen LogP contribution in [0.1, 0.15) is 34.5 Å². The van der Waals surface area contributed by atoms with Gasteiger partial charge in [-0.05, 0) is 56.9 Å². The Morgan fingerprint density at radius 1 is 1.41 bits per heavy atom. The van der Waals surface area contributed by atoms with Gasteiger partial charge in [0.25, 0.3) is 5.91 Å². The lowest BCUT2D eigenvalue weighted by Gasteiger charge is -2.35. The predicted molar refractivity (Wildman–Crippen MR) is 89.3 cm³/mol. The second-order valence-corrected chi connectivity index (χ2v) is 6.89. The standard InChI is InChI=1S/C16H25N3O2S/c1-12-7-11-22-15(12)16(21)17-8-4-14(20)19(3)13-5-9-18(2)10-6-13/h7,11,13H,4-6,8-10H2,1-3H3,(H,17,21). The van der Waals surface area contributed by atoms with E-state index in [1.54, 1.807) is 0 Å². The minimum Gasteiger partial charge on any atom is -0.351 e. The molecular formula is C16H25N3O2S. The number of hydrogen-bond donors (Lipinski definition) is 1. The normalized spacial score (nSPS) is 16.5. The Labute approximate surface area is 136 Å². The molecule has 2 heterocycles. The van der Waals surface area contributed by atoms with E-state index in [2.05, 4.69) is 17.3 Å². The summed E-state index contributed by atoms with van der Waals surface area (Å²) in [7, 11) is 3.99. The smallest absolute Gasteiger partial charge is 0.261 e. The van der Waals surface area contributed by atoms with Crippen LogP contribution in [-0.2, 0) is 4.79 Å². The fourth-order valence-electron chi connectivity index (χ4n) is 2.73. The van der Waals surface area contributed by atoms with Gasteiger partial charge in [-0.2, -0.15) is 0 Å². The first-order valence-electron chi connectivity index (χ1n) is 7.75. The van der Waals surface area contributed by atoms with Crippen LogP contribution in [0, 0.1) is 6.92 Å². The zero-order valence-corrected chi connectivity index (χ0v) is 14.4. The maximum absolute atomic E-state index is 12.2. The van der Waals surface area contributed by atoms with Gasteiger partial charge in [0.2, 0.25) is 5.91 Å². The summed E-state index contributed by atoms with van der Waals surface area (Å²) in [5.74, 6) is 0.0278. The summed E-state index contributed by atoms with van der Waals surface area (Å²) in [6, 6.07) is 2.26. The van der Waals surface area contributed by atoms with E-state index in [9.17, 15) is 9.59 Å². The van der Waals surface area contributed by atoms with Crippen molar-refractivity contribution in [3.8, 4) is 0 Å². The number of carbonyl (C=O) groups excluding carboxylic acids is 2. The third-order valence-electron chi connectivity index (χ3n) is 4.32. The third kappa shape index (κ3) is 4.30. The summed E-state index contributed by atoms with van der Waals surface area (Å²) < 4.78 is 0. The minimum atomic E-state index is -0.0813. The highest BCUT2D eigenvalue weighted by Crippen LogP contribution is 2.16. The second kappa shape index (κ2) is 7.74. The van der Waals surface area contributed by atoms with E-state index >= 15 is 0 Å². The highest BCUT2D eigenvalue weighted by atomic mass is 32.1. The van der Waals surface area contributed by atoms with Crippen LogP contribution in [0.25, 0.3) is 0 Å². The molecule has 0 atom stereocenters. The molecule has 1 N–H and O–H groups in total. The minimum absolute atomic E-state index is 0.0813. The summed E-state index contributed by atoms with van der Waals surface area (Å²) in [5.41, 5.74) is 0.984. The maximum atomic E-state index is 12.2. The van der Waals surface area contributed by atoms with Crippen molar-refractivity contribution in [2.75, 3.05) is 33.7 Å². The average molecular weight is 323 g/mol. The number of piperidine rings is 1. The molecule has 6 heteroatoms. The number of hydrogen-bond acceptors (Lipinski definition) is 4. The molecular weight excluding hydrogens is 298 g/mol. The highest BCUT2D eigenvalue weighted by Gasteiger charge is 2.23. The maximum Gasteiger partial charge on any atom is 0.261 e. The molecule has 122 valence electrons. The van der Waals surface area contributed by atoms with E-state index < -0.39 is 0 Å². The van der Waals surface area contributed by atoms with Crippen LogP contribution in [0.4, 0.5) is 0 Å². The van der Waals surface area contributed by atoms with E-state index in [4.69, 9.17) is 0 Å². The number of nitrogens with zero attached hydrogens (tertiary/aromatic N) is 2. The lowest BCUT2D eigenvalue weighted by Crippen LogP contribution is -2.45. The molecule has 1 aromatic rings. The van der Waals surface area contributed by atoms with Crippen LogP contribution in [0.15, 0.2) is 11.4 Å². The van der Waals surface area contributed by atoms with Gasteiger partial charge in [-0.25, -0.2) is 0 Å². The van der Waals surface area contributed by atoms with E-state index in [0.717, 1.165) is 36.4 Å². The second-order valence-electron chi connectivity index (χ2n) is 5.98. The van der Waals surface area contributed by atoms with Crippen LogP contribution < -0.4 is 5.32 Å². The molecule has 0 radical (unpaired) electrons. The van der Waals surface area contributed by atoms with Gasteiger partial charge >= 0.3 is 0 Å². The van der Waals surface area contributed by atoms with E-state index in [1.807, 2.05) is 30.3 Å². The number of rotatable bonds is 5. The number of amides is 2. The fourth-order valence-corrected chi connectivity index (χ4v) is 3.57. The number of aryl methyl sites for hydroxylation is 1. The highest BCUT2D eigenvalue weighted by molar-refractivity contribution is 7.12. The molecule has 5 nitrogen and oxygen atoms in total.